The molecule has 0 amide bonds. The molecule has 0 aromatic carbocycles. The third-order valence-corrected chi connectivity index (χ3v) is 4.66. The maximum Gasteiger partial charge on any atom is 0.0897 e. The van der Waals surface area contributed by atoms with Crippen molar-refractivity contribution in [1.29, 1.82) is 0 Å². The first-order valence-electron chi connectivity index (χ1n) is 7.38. The van der Waals surface area contributed by atoms with Crippen LogP contribution in [0.25, 0.3) is 0 Å². The zero-order chi connectivity index (χ0) is 13.9. The summed E-state index contributed by atoms with van der Waals surface area (Å²) in [6.45, 7) is 4.26. The summed E-state index contributed by atoms with van der Waals surface area (Å²) in [6.07, 6.45) is 9.60. The van der Waals surface area contributed by atoms with Crippen LogP contribution in [-0.2, 0) is 6.54 Å². The summed E-state index contributed by atoms with van der Waals surface area (Å²) < 4.78 is 0. The number of halogens is 1. The van der Waals surface area contributed by atoms with Gasteiger partial charge in [-0.3, -0.25) is 0 Å². The molecule has 1 rings (SSSR count). The number of nitrogens with zero attached hydrogens (tertiary/aromatic N) is 2. The predicted octanol–water partition coefficient (Wildman–Crippen LogP) is 5.01. The highest BCUT2D eigenvalue weighted by Gasteiger charge is 2.03. The minimum atomic E-state index is 0.996. The Kier molecular flexibility index (Phi) is 9.74. The second-order valence-electron chi connectivity index (χ2n) is 5.26. The molecule has 0 aliphatic heterocycles. The van der Waals surface area contributed by atoms with Gasteiger partial charge in [-0.05, 0) is 33.4 Å². The first kappa shape index (κ1) is 17.1. The summed E-state index contributed by atoms with van der Waals surface area (Å²) in [5.41, 5.74) is 1.22. The SMILES string of the molecule is Cc1nc(CN(C)CCCCCCCCCBr)cs1. The lowest BCUT2D eigenvalue weighted by atomic mass is 10.1. The van der Waals surface area contributed by atoms with Crippen molar-refractivity contribution < 1.29 is 0 Å². The van der Waals surface area contributed by atoms with Crippen molar-refractivity contribution >= 4 is 27.3 Å². The van der Waals surface area contributed by atoms with Crippen molar-refractivity contribution in [3.63, 3.8) is 0 Å². The lowest BCUT2D eigenvalue weighted by Crippen LogP contribution is -2.19. The number of hydrogen-bond donors (Lipinski definition) is 0. The smallest absolute Gasteiger partial charge is 0.0897 e. The van der Waals surface area contributed by atoms with Gasteiger partial charge >= 0.3 is 0 Å². The summed E-state index contributed by atoms with van der Waals surface area (Å²) in [4.78, 5) is 6.90. The number of rotatable bonds is 11. The highest BCUT2D eigenvalue weighted by molar-refractivity contribution is 9.09. The largest absolute Gasteiger partial charge is 0.301 e. The second-order valence-corrected chi connectivity index (χ2v) is 7.11. The van der Waals surface area contributed by atoms with Gasteiger partial charge in [0.1, 0.15) is 0 Å². The van der Waals surface area contributed by atoms with Crippen LogP contribution < -0.4 is 0 Å². The molecular weight excluding hydrogens is 320 g/mol. The third kappa shape index (κ3) is 8.77. The molecule has 19 heavy (non-hydrogen) atoms. The highest BCUT2D eigenvalue weighted by atomic mass is 79.9. The van der Waals surface area contributed by atoms with Gasteiger partial charge in [0.15, 0.2) is 0 Å². The Hall–Kier alpha value is 0.0700. The Morgan fingerprint density at radius 3 is 2.32 bits per heavy atom. The summed E-state index contributed by atoms with van der Waals surface area (Å²) in [6, 6.07) is 0. The Morgan fingerprint density at radius 2 is 1.74 bits per heavy atom. The van der Waals surface area contributed by atoms with Gasteiger partial charge in [-0.2, -0.15) is 0 Å². The molecule has 0 spiro atoms. The van der Waals surface area contributed by atoms with E-state index in [1.165, 1.54) is 62.2 Å². The number of hydrogen-bond acceptors (Lipinski definition) is 3. The second kappa shape index (κ2) is 10.8. The van der Waals surface area contributed by atoms with Crippen LogP contribution in [-0.4, -0.2) is 28.8 Å². The Balaban J connectivity index is 1.94. The fraction of sp³-hybridized carbons (Fsp3) is 0.800. The quantitative estimate of drug-likeness (QED) is 0.413. The van der Waals surface area contributed by atoms with E-state index in [2.05, 4.69) is 45.2 Å². The molecule has 1 aromatic heterocycles. The lowest BCUT2D eigenvalue weighted by molar-refractivity contribution is 0.313. The molecule has 0 aliphatic rings. The molecule has 0 radical (unpaired) electrons. The van der Waals surface area contributed by atoms with Crippen LogP contribution in [0.2, 0.25) is 0 Å². The van der Waals surface area contributed by atoms with Gasteiger partial charge in [-0.1, -0.05) is 48.0 Å². The van der Waals surface area contributed by atoms with Crippen LogP contribution in [0.4, 0.5) is 0 Å². The van der Waals surface area contributed by atoms with Gasteiger partial charge in [0.2, 0.25) is 0 Å². The maximum absolute atomic E-state index is 4.51. The van der Waals surface area contributed by atoms with Gasteiger partial charge < -0.3 is 4.90 Å². The molecular formula is C15H27BrN2S. The van der Waals surface area contributed by atoms with Gasteiger partial charge in [0, 0.05) is 17.3 Å². The van der Waals surface area contributed by atoms with Crippen LogP contribution in [0.15, 0.2) is 5.38 Å². The summed E-state index contributed by atoms with van der Waals surface area (Å²) >= 11 is 5.22. The standard InChI is InChI=1S/C15H27BrN2S/c1-14-17-15(13-19-14)12-18(2)11-9-7-5-3-4-6-8-10-16/h13H,3-12H2,1-2H3. The van der Waals surface area contributed by atoms with Crippen molar-refractivity contribution in [3.8, 4) is 0 Å². The van der Waals surface area contributed by atoms with E-state index in [9.17, 15) is 0 Å². The van der Waals surface area contributed by atoms with Crippen molar-refractivity contribution in [1.82, 2.24) is 9.88 Å². The minimum absolute atomic E-state index is 0.996. The molecule has 0 unspecified atom stereocenters. The molecule has 0 bridgehead atoms. The fourth-order valence-corrected chi connectivity index (χ4v) is 3.20. The van der Waals surface area contributed by atoms with Crippen LogP contribution in [0, 0.1) is 6.92 Å². The zero-order valence-corrected chi connectivity index (χ0v) is 14.7. The first-order chi connectivity index (χ1) is 9.22. The molecule has 2 nitrogen and oxygen atoms in total. The van der Waals surface area contributed by atoms with Crippen LogP contribution in [0.5, 0.6) is 0 Å². The van der Waals surface area contributed by atoms with Crippen LogP contribution in [0.1, 0.15) is 55.6 Å². The van der Waals surface area contributed by atoms with Gasteiger partial charge in [-0.15, -0.1) is 11.3 Å². The molecule has 0 saturated heterocycles. The fourth-order valence-electron chi connectivity index (χ4n) is 2.20. The number of thiazole rings is 1. The number of aryl methyl sites for hydroxylation is 1. The highest BCUT2D eigenvalue weighted by Crippen LogP contribution is 2.11. The molecule has 0 N–H and O–H groups in total. The summed E-state index contributed by atoms with van der Waals surface area (Å²) in [5.74, 6) is 0. The van der Waals surface area contributed by atoms with Crippen LogP contribution in [0.3, 0.4) is 0 Å². The molecule has 4 heteroatoms. The van der Waals surface area contributed by atoms with E-state index >= 15 is 0 Å². The summed E-state index contributed by atoms with van der Waals surface area (Å²) in [5, 5.41) is 4.51. The van der Waals surface area contributed by atoms with Crippen molar-refractivity contribution in [2.75, 3.05) is 18.9 Å². The van der Waals surface area contributed by atoms with E-state index in [4.69, 9.17) is 0 Å². The molecule has 1 heterocycles. The summed E-state index contributed by atoms with van der Waals surface area (Å²) in [7, 11) is 2.20. The first-order valence-corrected chi connectivity index (χ1v) is 9.38. The molecule has 0 saturated carbocycles. The Labute approximate surface area is 130 Å². The van der Waals surface area contributed by atoms with Crippen LogP contribution >= 0.6 is 27.3 Å². The van der Waals surface area contributed by atoms with Gasteiger partial charge in [-0.25, -0.2) is 4.98 Å². The van der Waals surface area contributed by atoms with Crippen molar-refractivity contribution in [2.24, 2.45) is 0 Å². The van der Waals surface area contributed by atoms with Crippen molar-refractivity contribution in [2.45, 2.75) is 58.4 Å². The average molecular weight is 347 g/mol. The van der Waals surface area contributed by atoms with Gasteiger partial charge in [0.05, 0.1) is 10.7 Å². The maximum atomic E-state index is 4.51. The van der Waals surface area contributed by atoms with E-state index < -0.39 is 0 Å². The monoisotopic (exact) mass is 346 g/mol. The van der Waals surface area contributed by atoms with Crippen molar-refractivity contribution in [3.05, 3.63) is 16.1 Å². The minimum Gasteiger partial charge on any atom is -0.301 e. The molecule has 1 aromatic rings. The van der Waals surface area contributed by atoms with E-state index in [-0.39, 0.29) is 0 Å². The lowest BCUT2D eigenvalue weighted by Gasteiger charge is -2.14. The van der Waals surface area contributed by atoms with Gasteiger partial charge in [0.25, 0.3) is 0 Å². The molecule has 110 valence electrons. The average Bonchev–Trinajstić information content (AvgIpc) is 2.78. The third-order valence-electron chi connectivity index (χ3n) is 3.27. The zero-order valence-electron chi connectivity index (χ0n) is 12.3. The van der Waals surface area contributed by atoms with E-state index in [1.54, 1.807) is 11.3 Å². The normalized spacial score (nSPS) is 11.4. The Bertz CT molecular complexity index is 328. The topological polar surface area (TPSA) is 16.1 Å². The Morgan fingerprint density at radius 1 is 1.11 bits per heavy atom. The van der Waals surface area contributed by atoms with E-state index in [0.29, 0.717) is 0 Å². The molecule has 0 atom stereocenters. The molecule has 0 aliphatic carbocycles. The molecule has 0 fully saturated rings. The number of alkyl halides is 1. The number of aromatic nitrogens is 1. The van der Waals surface area contributed by atoms with E-state index in [0.717, 1.165) is 11.9 Å². The predicted molar refractivity (Wildman–Crippen MR) is 89.3 cm³/mol. The number of unbranched alkanes of at least 4 members (excludes halogenated alkanes) is 6. The van der Waals surface area contributed by atoms with E-state index in [1.807, 2.05) is 0 Å².